The molecule has 0 unspecified atom stereocenters. The smallest absolute Gasteiger partial charge is 0.256 e. The second-order valence-electron chi connectivity index (χ2n) is 6.41. The van der Waals surface area contributed by atoms with Crippen LogP contribution in [0.15, 0.2) is 12.1 Å². The third kappa shape index (κ3) is 2.85. The highest BCUT2D eigenvalue weighted by atomic mass is 16.3. The molecule has 1 atom stereocenters. The number of aliphatic hydroxyl groups excluding tert-OH is 2. The third-order valence-corrected chi connectivity index (χ3v) is 4.84. The van der Waals surface area contributed by atoms with Crippen molar-refractivity contribution in [3.05, 3.63) is 40.5 Å². The highest BCUT2D eigenvalue weighted by Gasteiger charge is 2.25. The average Bonchev–Trinajstić information content (AvgIpc) is 3.01. The SMILES string of the molecule is Cc1cc(C(=O)N2CCCn3nc([C@@H](O)CO)cc3C2)c(C)n1C. The Balaban J connectivity index is 1.86. The van der Waals surface area contributed by atoms with E-state index >= 15 is 0 Å². The molecule has 0 radical (unpaired) electrons. The van der Waals surface area contributed by atoms with Crippen LogP contribution in [-0.2, 0) is 20.1 Å². The normalized spacial score (nSPS) is 16.0. The molecule has 2 aromatic heterocycles. The zero-order chi connectivity index (χ0) is 17.4. The first-order valence-electron chi connectivity index (χ1n) is 8.20. The standard InChI is InChI=1S/C17H24N4O3/c1-11-7-14(12(2)19(11)3)17(24)20-5-4-6-21-13(9-20)8-15(18-21)16(23)10-22/h7-8,16,22-23H,4-6,9-10H2,1-3H3/t16-/m0/s1. The first-order valence-corrected chi connectivity index (χ1v) is 8.20. The highest BCUT2D eigenvalue weighted by Crippen LogP contribution is 2.21. The predicted molar refractivity (Wildman–Crippen MR) is 88.5 cm³/mol. The van der Waals surface area contributed by atoms with Gasteiger partial charge in [0.25, 0.3) is 5.91 Å². The van der Waals surface area contributed by atoms with Crippen molar-refractivity contribution in [2.24, 2.45) is 7.05 Å². The van der Waals surface area contributed by atoms with Crippen molar-refractivity contribution in [2.45, 2.75) is 39.5 Å². The zero-order valence-electron chi connectivity index (χ0n) is 14.4. The van der Waals surface area contributed by atoms with Crippen molar-refractivity contribution < 1.29 is 15.0 Å². The lowest BCUT2D eigenvalue weighted by atomic mass is 10.2. The fourth-order valence-corrected chi connectivity index (χ4v) is 3.16. The molecule has 2 aromatic rings. The first-order chi connectivity index (χ1) is 11.4. The van der Waals surface area contributed by atoms with Gasteiger partial charge in [-0.3, -0.25) is 9.48 Å². The maximum Gasteiger partial charge on any atom is 0.256 e. The Kier molecular flexibility index (Phi) is 4.47. The summed E-state index contributed by atoms with van der Waals surface area (Å²) < 4.78 is 3.84. The molecule has 0 aromatic carbocycles. The molecule has 0 aliphatic carbocycles. The molecular weight excluding hydrogens is 308 g/mol. The van der Waals surface area contributed by atoms with Crippen LogP contribution >= 0.6 is 0 Å². The topological polar surface area (TPSA) is 83.5 Å². The molecule has 3 rings (SSSR count). The summed E-state index contributed by atoms with van der Waals surface area (Å²) in [6.07, 6.45) is -0.174. The summed E-state index contributed by atoms with van der Waals surface area (Å²) in [5.74, 6) is 0.0232. The van der Waals surface area contributed by atoms with Gasteiger partial charge in [-0.1, -0.05) is 0 Å². The maximum absolute atomic E-state index is 12.9. The van der Waals surface area contributed by atoms with Crippen LogP contribution in [0.1, 0.15) is 45.7 Å². The van der Waals surface area contributed by atoms with E-state index in [-0.39, 0.29) is 12.5 Å². The summed E-state index contributed by atoms with van der Waals surface area (Å²) in [6.45, 7) is 5.42. The minimum Gasteiger partial charge on any atom is -0.393 e. The molecule has 0 saturated heterocycles. The van der Waals surface area contributed by atoms with Gasteiger partial charge in [0, 0.05) is 31.5 Å². The number of hydrogen-bond donors (Lipinski definition) is 2. The first kappa shape index (κ1) is 16.7. The number of hydrogen-bond acceptors (Lipinski definition) is 4. The molecule has 0 saturated carbocycles. The molecular formula is C17H24N4O3. The summed E-state index contributed by atoms with van der Waals surface area (Å²) in [4.78, 5) is 14.8. The Bertz CT molecular complexity index is 762. The monoisotopic (exact) mass is 332 g/mol. The Labute approximate surface area is 141 Å². The van der Waals surface area contributed by atoms with Crippen molar-refractivity contribution in [1.29, 1.82) is 0 Å². The van der Waals surface area contributed by atoms with Crippen molar-refractivity contribution in [3.63, 3.8) is 0 Å². The molecule has 130 valence electrons. The van der Waals surface area contributed by atoms with Crippen LogP contribution in [-0.4, -0.2) is 48.5 Å². The van der Waals surface area contributed by atoms with Gasteiger partial charge in [0.1, 0.15) is 6.10 Å². The van der Waals surface area contributed by atoms with E-state index in [4.69, 9.17) is 5.11 Å². The molecule has 0 bridgehead atoms. The fraction of sp³-hybridized carbons (Fsp3) is 0.529. The van der Waals surface area contributed by atoms with Gasteiger partial charge in [-0.25, -0.2) is 0 Å². The second kappa shape index (κ2) is 6.41. The molecule has 0 fully saturated rings. The molecule has 2 N–H and O–H groups in total. The van der Waals surface area contributed by atoms with Crippen LogP contribution in [0.25, 0.3) is 0 Å². The van der Waals surface area contributed by atoms with Gasteiger partial charge in [0.15, 0.2) is 0 Å². The van der Waals surface area contributed by atoms with Gasteiger partial charge >= 0.3 is 0 Å². The van der Waals surface area contributed by atoms with E-state index in [2.05, 4.69) is 5.10 Å². The van der Waals surface area contributed by atoms with Crippen LogP contribution in [0.3, 0.4) is 0 Å². The van der Waals surface area contributed by atoms with Crippen molar-refractivity contribution >= 4 is 5.91 Å². The number of aromatic nitrogens is 3. The van der Waals surface area contributed by atoms with Gasteiger partial charge in [-0.05, 0) is 32.4 Å². The summed E-state index contributed by atoms with van der Waals surface area (Å²) >= 11 is 0. The summed E-state index contributed by atoms with van der Waals surface area (Å²) in [5.41, 5.74) is 4.09. The number of aliphatic hydroxyl groups is 2. The molecule has 1 aliphatic rings. The number of amides is 1. The summed E-state index contributed by atoms with van der Waals surface area (Å²) in [7, 11) is 1.96. The molecule has 3 heterocycles. The quantitative estimate of drug-likeness (QED) is 0.875. The van der Waals surface area contributed by atoms with E-state index in [0.717, 1.165) is 29.1 Å². The van der Waals surface area contributed by atoms with Gasteiger partial charge in [0.05, 0.1) is 30.1 Å². The van der Waals surface area contributed by atoms with E-state index in [1.807, 2.05) is 41.1 Å². The molecule has 7 heteroatoms. The number of fused-ring (bicyclic) bond motifs is 1. The molecule has 24 heavy (non-hydrogen) atoms. The van der Waals surface area contributed by atoms with Gasteiger partial charge in [0.2, 0.25) is 0 Å². The highest BCUT2D eigenvalue weighted by molar-refractivity contribution is 5.95. The zero-order valence-corrected chi connectivity index (χ0v) is 14.4. The van der Waals surface area contributed by atoms with Crippen LogP contribution in [0.2, 0.25) is 0 Å². The summed E-state index contributed by atoms with van der Waals surface area (Å²) in [6, 6.07) is 3.70. The van der Waals surface area contributed by atoms with Crippen molar-refractivity contribution in [2.75, 3.05) is 13.2 Å². The van der Waals surface area contributed by atoms with Crippen LogP contribution in [0.4, 0.5) is 0 Å². The average molecular weight is 332 g/mol. The number of carbonyl (C=O) groups is 1. The largest absolute Gasteiger partial charge is 0.393 e. The predicted octanol–water partition coefficient (Wildman–Crippen LogP) is 0.910. The fourth-order valence-electron chi connectivity index (χ4n) is 3.16. The van der Waals surface area contributed by atoms with Crippen LogP contribution in [0, 0.1) is 13.8 Å². The van der Waals surface area contributed by atoms with E-state index in [0.29, 0.717) is 25.3 Å². The minimum absolute atomic E-state index is 0.0232. The van der Waals surface area contributed by atoms with Gasteiger partial charge in [-0.2, -0.15) is 5.10 Å². The summed E-state index contributed by atoms with van der Waals surface area (Å²) in [5, 5.41) is 23.2. The van der Waals surface area contributed by atoms with Crippen LogP contribution in [0.5, 0.6) is 0 Å². The Morgan fingerprint density at radius 3 is 2.71 bits per heavy atom. The minimum atomic E-state index is -0.979. The van der Waals surface area contributed by atoms with Gasteiger partial charge in [-0.15, -0.1) is 0 Å². The maximum atomic E-state index is 12.9. The Morgan fingerprint density at radius 2 is 2.08 bits per heavy atom. The Hall–Kier alpha value is -2.12. The molecule has 1 aliphatic heterocycles. The van der Waals surface area contributed by atoms with Crippen molar-refractivity contribution in [1.82, 2.24) is 19.2 Å². The molecule has 0 spiro atoms. The van der Waals surface area contributed by atoms with E-state index in [1.165, 1.54) is 0 Å². The number of rotatable bonds is 3. The van der Waals surface area contributed by atoms with E-state index in [9.17, 15) is 9.90 Å². The molecule has 1 amide bonds. The van der Waals surface area contributed by atoms with E-state index < -0.39 is 6.10 Å². The lowest BCUT2D eigenvalue weighted by molar-refractivity contribution is 0.0744. The number of nitrogens with zero attached hydrogens (tertiary/aromatic N) is 4. The van der Waals surface area contributed by atoms with E-state index in [1.54, 1.807) is 6.07 Å². The third-order valence-electron chi connectivity index (χ3n) is 4.84. The van der Waals surface area contributed by atoms with Crippen LogP contribution < -0.4 is 0 Å². The number of aryl methyl sites for hydroxylation is 2. The second-order valence-corrected chi connectivity index (χ2v) is 6.41. The van der Waals surface area contributed by atoms with Crippen molar-refractivity contribution in [3.8, 4) is 0 Å². The van der Waals surface area contributed by atoms with Gasteiger partial charge < -0.3 is 19.7 Å². The lowest BCUT2D eigenvalue weighted by Gasteiger charge is -2.20. The lowest BCUT2D eigenvalue weighted by Crippen LogP contribution is -2.31. The molecule has 7 nitrogen and oxygen atoms in total. The Morgan fingerprint density at radius 1 is 1.33 bits per heavy atom. The number of carbonyl (C=O) groups excluding carboxylic acids is 1.